The molecule has 0 aromatic carbocycles. The van der Waals surface area contributed by atoms with Crippen molar-refractivity contribution in [3.63, 3.8) is 0 Å². The molecule has 0 spiro atoms. The third-order valence-corrected chi connectivity index (χ3v) is 6.64. The van der Waals surface area contributed by atoms with Crippen LogP contribution in [0.15, 0.2) is 22.5 Å². The highest BCUT2D eigenvalue weighted by Crippen LogP contribution is 2.36. The summed E-state index contributed by atoms with van der Waals surface area (Å²) in [4.78, 5) is 19.9. The van der Waals surface area contributed by atoms with Crippen molar-refractivity contribution in [2.75, 3.05) is 32.1 Å². The standard InChI is InChI=1S/C16H16N4O2S3/c1-10-17-14-15(25-10)13(11-3-2-8-23-11)18-19-16(14)24-9-12(21)20-4-6-22-7-5-20/h2-3,8H,4-7,9H2,1H3. The van der Waals surface area contributed by atoms with E-state index in [4.69, 9.17) is 4.74 Å². The Morgan fingerprint density at radius 3 is 2.96 bits per heavy atom. The van der Waals surface area contributed by atoms with E-state index in [9.17, 15) is 4.79 Å². The fourth-order valence-electron chi connectivity index (χ4n) is 2.63. The van der Waals surface area contributed by atoms with Gasteiger partial charge in [0.15, 0.2) is 0 Å². The van der Waals surface area contributed by atoms with Crippen molar-refractivity contribution in [3.05, 3.63) is 22.5 Å². The normalized spacial score (nSPS) is 15.0. The lowest BCUT2D eigenvalue weighted by atomic mass is 10.3. The van der Waals surface area contributed by atoms with Gasteiger partial charge in [-0.3, -0.25) is 4.79 Å². The predicted octanol–water partition coefficient (Wildman–Crippen LogP) is 3.07. The molecule has 4 heterocycles. The lowest BCUT2D eigenvalue weighted by Gasteiger charge is -2.26. The van der Waals surface area contributed by atoms with E-state index in [1.807, 2.05) is 29.3 Å². The average Bonchev–Trinajstić information content (AvgIpc) is 3.29. The van der Waals surface area contributed by atoms with E-state index in [-0.39, 0.29) is 5.91 Å². The van der Waals surface area contributed by atoms with Crippen molar-refractivity contribution in [1.29, 1.82) is 0 Å². The molecule has 1 aliphatic heterocycles. The number of hydrogen-bond donors (Lipinski definition) is 0. The molecule has 0 atom stereocenters. The fourth-order valence-corrected chi connectivity index (χ4v) is 5.22. The van der Waals surface area contributed by atoms with Gasteiger partial charge in [0.1, 0.15) is 16.2 Å². The zero-order chi connectivity index (χ0) is 17.2. The van der Waals surface area contributed by atoms with E-state index in [2.05, 4.69) is 15.2 Å². The maximum atomic E-state index is 12.4. The second kappa shape index (κ2) is 7.36. The minimum Gasteiger partial charge on any atom is -0.378 e. The topological polar surface area (TPSA) is 68.2 Å². The molecule has 1 amide bonds. The number of carbonyl (C=O) groups excluding carboxylic acids is 1. The van der Waals surface area contributed by atoms with Gasteiger partial charge in [-0.05, 0) is 18.4 Å². The summed E-state index contributed by atoms with van der Waals surface area (Å²) < 4.78 is 6.33. The van der Waals surface area contributed by atoms with Gasteiger partial charge in [-0.2, -0.15) is 0 Å². The number of carbonyl (C=O) groups is 1. The van der Waals surface area contributed by atoms with Crippen LogP contribution in [-0.2, 0) is 9.53 Å². The number of ether oxygens (including phenoxy) is 1. The number of nitrogens with zero attached hydrogens (tertiary/aromatic N) is 4. The molecule has 1 saturated heterocycles. The van der Waals surface area contributed by atoms with Crippen LogP contribution in [0.2, 0.25) is 0 Å². The summed E-state index contributed by atoms with van der Waals surface area (Å²) >= 11 is 4.67. The third-order valence-electron chi connectivity index (χ3n) is 3.84. The number of thioether (sulfide) groups is 1. The molecule has 25 heavy (non-hydrogen) atoms. The van der Waals surface area contributed by atoms with Crippen molar-refractivity contribution < 1.29 is 9.53 Å². The smallest absolute Gasteiger partial charge is 0.233 e. The number of aryl methyl sites for hydroxylation is 1. The van der Waals surface area contributed by atoms with Gasteiger partial charge in [0.2, 0.25) is 5.91 Å². The Labute approximate surface area is 157 Å². The van der Waals surface area contributed by atoms with Gasteiger partial charge < -0.3 is 9.64 Å². The molecular weight excluding hydrogens is 376 g/mol. The molecule has 0 N–H and O–H groups in total. The molecule has 0 radical (unpaired) electrons. The second-order valence-electron chi connectivity index (χ2n) is 5.52. The molecule has 3 aromatic heterocycles. The SMILES string of the molecule is Cc1nc2c(SCC(=O)N3CCOCC3)nnc(-c3cccs3)c2s1. The monoisotopic (exact) mass is 392 g/mol. The molecule has 9 heteroatoms. The minimum atomic E-state index is 0.109. The molecular formula is C16H16N4O2S3. The van der Waals surface area contributed by atoms with Gasteiger partial charge in [-0.1, -0.05) is 17.8 Å². The van der Waals surface area contributed by atoms with Gasteiger partial charge >= 0.3 is 0 Å². The first kappa shape index (κ1) is 16.9. The predicted molar refractivity (Wildman–Crippen MR) is 101 cm³/mol. The van der Waals surface area contributed by atoms with Crippen LogP contribution in [0.4, 0.5) is 0 Å². The maximum absolute atomic E-state index is 12.4. The number of thiophene rings is 1. The summed E-state index contributed by atoms with van der Waals surface area (Å²) in [5, 5.41) is 12.5. The van der Waals surface area contributed by atoms with Gasteiger partial charge in [0.25, 0.3) is 0 Å². The quantitative estimate of drug-likeness (QED) is 0.636. The van der Waals surface area contributed by atoms with E-state index in [0.717, 1.165) is 30.8 Å². The largest absolute Gasteiger partial charge is 0.378 e. The van der Waals surface area contributed by atoms with E-state index >= 15 is 0 Å². The second-order valence-corrected chi connectivity index (χ2v) is 8.64. The van der Waals surface area contributed by atoms with Crippen LogP contribution >= 0.6 is 34.4 Å². The molecule has 130 valence electrons. The van der Waals surface area contributed by atoms with E-state index in [1.54, 1.807) is 22.7 Å². The molecule has 3 aromatic rings. The van der Waals surface area contributed by atoms with Gasteiger partial charge in [0, 0.05) is 13.1 Å². The van der Waals surface area contributed by atoms with Crippen LogP contribution in [-0.4, -0.2) is 58.0 Å². The van der Waals surface area contributed by atoms with Crippen molar-refractivity contribution in [3.8, 4) is 10.6 Å². The highest BCUT2D eigenvalue weighted by atomic mass is 32.2. The molecule has 6 nitrogen and oxygen atoms in total. The van der Waals surface area contributed by atoms with Crippen LogP contribution in [0.25, 0.3) is 20.8 Å². The lowest BCUT2D eigenvalue weighted by molar-refractivity contribution is -0.132. The molecule has 0 saturated carbocycles. The van der Waals surface area contributed by atoms with Crippen molar-refractivity contribution in [2.45, 2.75) is 11.9 Å². The molecule has 4 rings (SSSR count). The Morgan fingerprint density at radius 1 is 1.36 bits per heavy atom. The van der Waals surface area contributed by atoms with Crippen LogP contribution in [0.3, 0.4) is 0 Å². The highest BCUT2D eigenvalue weighted by molar-refractivity contribution is 8.00. The number of thiazole rings is 1. The Kier molecular flexibility index (Phi) is 4.98. The number of fused-ring (bicyclic) bond motifs is 1. The first-order valence-electron chi connectivity index (χ1n) is 7.88. The first-order valence-corrected chi connectivity index (χ1v) is 10.6. The third kappa shape index (κ3) is 3.55. The van der Waals surface area contributed by atoms with E-state index < -0.39 is 0 Å². The highest BCUT2D eigenvalue weighted by Gasteiger charge is 2.20. The summed E-state index contributed by atoms with van der Waals surface area (Å²) in [5.41, 5.74) is 1.72. The van der Waals surface area contributed by atoms with Gasteiger partial charge in [-0.25, -0.2) is 4.98 Å². The summed E-state index contributed by atoms with van der Waals surface area (Å²) in [6, 6.07) is 4.04. The molecule has 0 bridgehead atoms. The minimum absolute atomic E-state index is 0.109. The molecule has 0 unspecified atom stereocenters. The van der Waals surface area contributed by atoms with Crippen molar-refractivity contribution in [1.82, 2.24) is 20.1 Å². The number of morpholine rings is 1. The Bertz CT molecular complexity index is 888. The molecule has 1 aliphatic rings. The maximum Gasteiger partial charge on any atom is 0.233 e. The summed E-state index contributed by atoms with van der Waals surface area (Å²) in [5.74, 6) is 0.455. The summed E-state index contributed by atoms with van der Waals surface area (Å²) in [7, 11) is 0. The van der Waals surface area contributed by atoms with E-state index in [1.165, 1.54) is 11.8 Å². The Morgan fingerprint density at radius 2 is 2.20 bits per heavy atom. The first-order chi connectivity index (χ1) is 12.2. The van der Waals surface area contributed by atoms with E-state index in [0.29, 0.717) is 32.1 Å². The number of hydrogen-bond acceptors (Lipinski definition) is 8. The zero-order valence-corrected chi connectivity index (χ0v) is 16.0. The van der Waals surface area contributed by atoms with Gasteiger partial charge in [-0.15, -0.1) is 32.9 Å². The van der Waals surface area contributed by atoms with Crippen LogP contribution in [0, 0.1) is 6.92 Å². The van der Waals surface area contributed by atoms with Crippen molar-refractivity contribution >= 4 is 50.6 Å². The Hall–Kier alpha value is -1.55. The lowest BCUT2D eigenvalue weighted by Crippen LogP contribution is -2.41. The van der Waals surface area contributed by atoms with Crippen molar-refractivity contribution in [2.24, 2.45) is 0 Å². The van der Waals surface area contributed by atoms with Gasteiger partial charge in [0.05, 0.1) is 33.6 Å². The molecule has 0 aliphatic carbocycles. The van der Waals surface area contributed by atoms with Crippen LogP contribution < -0.4 is 0 Å². The van der Waals surface area contributed by atoms with Crippen LogP contribution in [0.5, 0.6) is 0 Å². The number of rotatable bonds is 4. The Balaban J connectivity index is 1.58. The fraction of sp³-hybridized carbons (Fsp3) is 0.375. The average molecular weight is 393 g/mol. The summed E-state index contributed by atoms with van der Waals surface area (Å²) in [6.45, 7) is 4.53. The zero-order valence-electron chi connectivity index (χ0n) is 13.6. The van der Waals surface area contributed by atoms with Crippen LogP contribution in [0.1, 0.15) is 5.01 Å². The molecule has 1 fully saturated rings. The summed E-state index contributed by atoms with van der Waals surface area (Å²) in [6.07, 6.45) is 0. The number of amides is 1. The number of aromatic nitrogens is 3.